The molecule has 0 spiro atoms. The fourth-order valence-electron chi connectivity index (χ4n) is 1.85. The zero-order chi connectivity index (χ0) is 13.4. The van der Waals surface area contributed by atoms with Crippen LogP contribution in [0.3, 0.4) is 0 Å². The van der Waals surface area contributed by atoms with Gasteiger partial charge >= 0.3 is 0 Å². The molecule has 5 nitrogen and oxygen atoms in total. The normalized spacial score (nSPS) is 17.4. The number of β-amino-alcohol motifs (C(OH)–C–C–N with tert-alkyl or cyclic N) is 1. The molecule has 0 aliphatic carbocycles. The average Bonchev–Trinajstić information content (AvgIpc) is 2.35. The maximum Gasteiger partial charge on any atom is 0.261 e. The van der Waals surface area contributed by atoms with E-state index in [-0.39, 0.29) is 25.5 Å². The number of carbonyl (C=O) groups is 1. The van der Waals surface area contributed by atoms with Crippen LogP contribution in [0.1, 0.15) is 6.42 Å². The van der Waals surface area contributed by atoms with Crippen LogP contribution < -0.4 is 0 Å². The van der Waals surface area contributed by atoms with E-state index in [9.17, 15) is 13.6 Å². The predicted molar refractivity (Wildman–Crippen MR) is 61.5 cm³/mol. The molecule has 106 valence electrons. The highest BCUT2D eigenvalue weighted by Crippen LogP contribution is 2.04. The van der Waals surface area contributed by atoms with Crippen molar-refractivity contribution in [2.75, 3.05) is 52.5 Å². The first-order chi connectivity index (χ1) is 8.63. The second-order valence-electron chi connectivity index (χ2n) is 4.16. The molecule has 1 N–H and O–H groups in total. The predicted octanol–water partition coefficient (Wildman–Crippen LogP) is -0.205. The van der Waals surface area contributed by atoms with Gasteiger partial charge in [-0.15, -0.1) is 0 Å². The van der Waals surface area contributed by atoms with Crippen LogP contribution in [0.5, 0.6) is 0 Å². The van der Waals surface area contributed by atoms with Crippen molar-refractivity contribution in [1.29, 1.82) is 0 Å². The van der Waals surface area contributed by atoms with Gasteiger partial charge in [0.05, 0.1) is 19.6 Å². The first kappa shape index (κ1) is 15.3. The molecule has 0 radical (unpaired) electrons. The Balaban J connectivity index is 2.12. The van der Waals surface area contributed by atoms with Gasteiger partial charge in [-0.2, -0.15) is 0 Å². The number of piperazine rings is 1. The molecule has 0 aromatic heterocycles. The lowest BCUT2D eigenvalue weighted by atomic mass is 10.3. The largest absolute Gasteiger partial charge is 0.395 e. The lowest BCUT2D eigenvalue weighted by Crippen LogP contribution is -2.49. The van der Waals surface area contributed by atoms with Crippen molar-refractivity contribution in [3.63, 3.8) is 0 Å². The standard InChI is InChI=1S/C11H20F2N2O3/c12-10(13)9-18-8-1-11(17)15-4-2-14(3-5-15)6-7-16/h10,16H,1-9H2. The smallest absolute Gasteiger partial charge is 0.261 e. The summed E-state index contributed by atoms with van der Waals surface area (Å²) in [6.07, 6.45) is -2.34. The molecular formula is C11H20F2N2O3. The molecule has 1 heterocycles. The highest BCUT2D eigenvalue weighted by Gasteiger charge is 2.20. The van der Waals surface area contributed by atoms with E-state index < -0.39 is 13.0 Å². The lowest BCUT2D eigenvalue weighted by molar-refractivity contribution is -0.134. The van der Waals surface area contributed by atoms with E-state index in [1.165, 1.54) is 0 Å². The second-order valence-corrected chi connectivity index (χ2v) is 4.16. The fourth-order valence-corrected chi connectivity index (χ4v) is 1.85. The summed E-state index contributed by atoms with van der Waals surface area (Å²) in [6, 6.07) is 0. The molecule has 1 fully saturated rings. The Morgan fingerprint density at radius 2 is 1.94 bits per heavy atom. The Kier molecular flexibility index (Phi) is 7.07. The number of alkyl halides is 2. The minimum Gasteiger partial charge on any atom is -0.395 e. The van der Waals surface area contributed by atoms with Gasteiger partial charge in [-0.3, -0.25) is 9.69 Å². The van der Waals surface area contributed by atoms with Gasteiger partial charge in [-0.1, -0.05) is 0 Å². The van der Waals surface area contributed by atoms with E-state index in [0.717, 1.165) is 13.1 Å². The molecule has 0 unspecified atom stereocenters. The third-order valence-electron chi connectivity index (χ3n) is 2.85. The highest BCUT2D eigenvalue weighted by atomic mass is 19.3. The number of carbonyl (C=O) groups excluding carboxylic acids is 1. The Morgan fingerprint density at radius 3 is 2.50 bits per heavy atom. The molecule has 7 heteroatoms. The number of ether oxygens (including phenoxy) is 1. The number of nitrogens with zero attached hydrogens (tertiary/aromatic N) is 2. The van der Waals surface area contributed by atoms with E-state index >= 15 is 0 Å². The maximum absolute atomic E-state index is 11.8. The quantitative estimate of drug-likeness (QED) is 0.648. The first-order valence-corrected chi connectivity index (χ1v) is 6.10. The topological polar surface area (TPSA) is 53.0 Å². The van der Waals surface area contributed by atoms with Crippen molar-refractivity contribution in [2.45, 2.75) is 12.8 Å². The molecule has 18 heavy (non-hydrogen) atoms. The molecule has 0 aromatic carbocycles. The molecule has 1 amide bonds. The Hall–Kier alpha value is -0.790. The maximum atomic E-state index is 11.8. The summed E-state index contributed by atoms with van der Waals surface area (Å²) in [5, 5.41) is 8.78. The SMILES string of the molecule is O=C(CCOCC(F)F)N1CCN(CCO)CC1. The van der Waals surface area contributed by atoms with Crippen LogP contribution in [0.25, 0.3) is 0 Å². The van der Waals surface area contributed by atoms with Crippen molar-refractivity contribution in [3.8, 4) is 0 Å². The molecule has 0 bridgehead atoms. The molecule has 0 aromatic rings. The van der Waals surface area contributed by atoms with Crippen molar-refractivity contribution in [3.05, 3.63) is 0 Å². The van der Waals surface area contributed by atoms with Crippen LogP contribution >= 0.6 is 0 Å². The summed E-state index contributed by atoms with van der Waals surface area (Å²) in [5.41, 5.74) is 0. The van der Waals surface area contributed by atoms with Gasteiger partial charge in [0.15, 0.2) is 0 Å². The second kappa shape index (κ2) is 8.34. The molecule has 1 rings (SSSR count). The number of aliphatic hydroxyl groups is 1. The van der Waals surface area contributed by atoms with E-state index in [2.05, 4.69) is 9.64 Å². The average molecular weight is 266 g/mol. The van der Waals surface area contributed by atoms with Gasteiger partial charge in [0.2, 0.25) is 5.91 Å². The van der Waals surface area contributed by atoms with E-state index in [1.54, 1.807) is 4.90 Å². The van der Waals surface area contributed by atoms with Crippen LogP contribution in [-0.4, -0.2) is 79.8 Å². The van der Waals surface area contributed by atoms with Crippen LogP contribution in [-0.2, 0) is 9.53 Å². The molecule has 1 aliphatic heterocycles. The van der Waals surface area contributed by atoms with Crippen LogP contribution in [0.4, 0.5) is 8.78 Å². The third-order valence-corrected chi connectivity index (χ3v) is 2.85. The van der Waals surface area contributed by atoms with Gasteiger partial charge in [0, 0.05) is 32.7 Å². The Bertz CT molecular complexity index is 246. The van der Waals surface area contributed by atoms with Crippen LogP contribution in [0, 0.1) is 0 Å². The van der Waals surface area contributed by atoms with Gasteiger partial charge in [-0.25, -0.2) is 8.78 Å². The van der Waals surface area contributed by atoms with Crippen molar-refractivity contribution >= 4 is 5.91 Å². The Labute approximate surface area is 105 Å². The number of amides is 1. The molecule has 0 atom stereocenters. The van der Waals surface area contributed by atoms with E-state index in [0.29, 0.717) is 19.6 Å². The highest BCUT2D eigenvalue weighted by molar-refractivity contribution is 5.76. The first-order valence-electron chi connectivity index (χ1n) is 6.10. The van der Waals surface area contributed by atoms with Crippen molar-refractivity contribution < 1.29 is 23.4 Å². The third kappa shape index (κ3) is 5.70. The van der Waals surface area contributed by atoms with Gasteiger partial charge in [0.1, 0.15) is 6.61 Å². The van der Waals surface area contributed by atoms with Crippen molar-refractivity contribution in [1.82, 2.24) is 9.80 Å². The lowest BCUT2D eigenvalue weighted by Gasteiger charge is -2.34. The number of hydrogen-bond acceptors (Lipinski definition) is 4. The zero-order valence-electron chi connectivity index (χ0n) is 10.4. The van der Waals surface area contributed by atoms with Gasteiger partial charge in [0.25, 0.3) is 6.43 Å². The fraction of sp³-hybridized carbons (Fsp3) is 0.909. The summed E-state index contributed by atoms with van der Waals surface area (Å²) < 4.78 is 28.2. The number of rotatable bonds is 7. The molecular weight excluding hydrogens is 246 g/mol. The molecule has 1 aliphatic rings. The summed E-state index contributed by atoms with van der Waals surface area (Å²) in [4.78, 5) is 15.5. The Morgan fingerprint density at radius 1 is 1.28 bits per heavy atom. The van der Waals surface area contributed by atoms with Crippen LogP contribution in [0.15, 0.2) is 0 Å². The molecule has 1 saturated heterocycles. The minimum atomic E-state index is -2.48. The van der Waals surface area contributed by atoms with Gasteiger partial charge < -0.3 is 14.7 Å². The van der Waals surface area contributed by atoms with E-state index in [4.69, 9.17) is 5.11 Å². The number of aliphatic hydroxyl groups excluding tert-OH is 1. The minimum absolute atomic E-state index is 0.0417. The summed E-state index contributed by atoms with van der Waals surface area (Å²) in [6.45, 7) is 2.89. The van der Waals surface area contributed by atoms with Crippen molar-refractivity contribution in [2.24, 2.45) is 0 Å². The number of hydrogen-bond donors (Lipinski definition) is 1. The summed E-state index contributed by atoms with van der Waals surface area (Å²) >= 11 is 0. The summed E-state index contributed by atoms with van der Waals surface area (Å²) in [5.74, 6) is -0.0621. The molecule has 0 saturated carbocycles. The van der Waals surface area contributed by atoms with Gasteiger partial charge in [-0.05, 0) is 0 Å². The van der Waals surface area contributed by atoms with E-state index in [1.807, 2.05) is 0 Å². The zero-order valence-corrected chi connectivity index (χ0v) is 10.4. The monoisotopic (exact) mass is 266 g/mol. The van der Waals surface area contributed by atoms with Crippen LogP contribution in [0.2, 0.25) is 0 Å². The summed E-state index contributed by atoms with van der Waals surface area (Å²) in [7, 11) is 0. The number of halogens is 2.